The largest absolute Gasteiger partial charge is 0.492 e. The van der Waals surface area contributed by atoms with Crippen molar-refractivity contribution in [1.82, 2.24) is 5.32 Å². The Kier molecular flexibility index (Phi) is 6.13. The first-order valence-corrected chi connectivity index (χ1v) is 7.34. The summed E-state index contributed by atoms with van der Waals surface area (Å²) in [5, 5.41) is 7.91. The summed E-state index contributed by atoms with van der Waals surface area (Å²) in [6.45, 7) is 1.91. The number of benzene rings is 2. The molecular formula is C17H18FN3O3. The molecule has 0 spiro atoms. The monoisotopic (exact) mass is 331 g/mol. The molecule has 2 rings (SSSR count). The smallest absolute Gasteiger partial charge is 0.319 e. The number of rotatable bonds is 6. The SMILES string of the molecule is CC(=O)Nc1ccc(NC(=O)NCCOc2cccc(F)c2)cc1. The van der Waals surface area contributed by atoms with E-state index in [9.17, 15) is 14.0 Å². The van der Waals surface area contributed by atoms with Crippen LogP contribution in [0.1, 0.15) is 6.92 Å². The van der Waals surface area contributed by atoms with Crippen LogP contribution >= 0.6 is 0 Å². The van der Waals surface area contributed by atoms with Gasteiger partial charge in [0.25, 0.3) is 0 Å². The molecule has 24 heavy (non-hydrogen) atoms. The standard InChI is InChI=1S/C17H18FN3O3/c1-12(22)20-14-5-7-15(8-6-14)21-17(23)19-9-10-24-16-4-2-3-13(18)11-16/h2-8,11H,9-10H2,1H3,(H,20,22)(H2,19,21,23). The number of anilines is 2. The summed E-state index contributed by atoms with van der Waals surface area (Å²) >= 11 is 0. The first-order chi connectivity index (χ1) is 11.5. The van der Waals surface area contributed by atoms with Crippen molar-refractivity contribution in [2.24, 2.45) is 0 Å². The van der Waals surface area contributed by atoms with E-state index < -0.39 is 0 Å². The number of halogens is 1. The lowest BCUT2D eigenvalue weighted by Crippen LogP contribution is -2.32. The number of carbonyl (C=O) groups excluding carboxylic acids is 2. The summed E-state index contributed by atoms with van der Waals surface area (Å²) in [5.74, 6) is -0.126. The van der Waals surface area contributed by atoms with E-state index in [4.69, 9.17) is 4.74 Å². The minimum atomic E-state index is -0.384. The highest BCUT2D eigenvalue weighted by atomic mass is 19.1. The van der Waals surface area contributed by atoms with Crippen LogP contribution in [0.3, 0.4) is 0 Å². The molecule has 0 saturated heterocycles. The zero-order chi connectivity index (χ0) is 17.4. The van der Waals surface area contributed by atoms with E-state index in [2.05, 4.69) is 16.0 Å². The van der Waals surface area contributed by atoms with E-state index in [1.807, 2.05) is 0 Å². The highest BCUT2D eigenvalue weighted by Gasteiger charge is 2.02. The molecule has 0 aliphatic rings. The van der Waals surface area contributed by atoms with Crippen LogP contribution in [-0.2, 0) is 4.79 Å². The predicted octanol–water partition coefficient (Wildman–Crippen LogP) is 2.98. The van der Waals surface area contributed by atoms with Gasteiger partial charge < -0.3 is 20.7 Å². The Labute approximate surface area is 139 Å². The summed E-state index contributed by atoms with van der Waals surface area (Å²) in [4.78, 5) is 22.7. The van der Waals surface area contributed by atoms with Crippen molar-refractivity contribution in [3.8, 4) is 5.75 Å². The van der Waals surface area contributed by atoms with E-state index in [0.29, 0.717) is 17.1 Å². The van der Waals surface area contributed by atoms with E-state index >= 15 is 0 Å². The maximum absolute atomic E-state index is 13.0. The van der Waals surface area contributed by atoms with Crippen molar-refractivity contribution in [2.75, 3.05) is 23.8 Å². The fraction of sp³-hybridized carbons (Fsp3) is 0.176. The minimum Gasteiger partial charge on any atom is -0.492 e. The van der Waals surface area contributed by atoms with Crippen molar-refractivity contribution >= 4 is 23.3 Å². The van der Waals surface area contributed by atoms with Gasteiger partial charge in [0.05, 0.1) is 6.54 Å². The average Bonchev–Trinajstić information content (AvgIpc) is 2.53. The second-order valence-corrected chi connectivity index (χ2v) is 4.95. The molecule has 3 N–H and O–H groups in total. The zero-order valence-corrected chi connectivity index (χ0v) is 13.1. The molecule has 0 heterocycles. The third-order valence-electron chi connectivity index (χ3n) is 2.92. The summed E-state index contributed by atoms with van der Waals surface area (Å²) in [6, 6.07) is 12.1. The number of carbonyl (C=O) groups is 2. The van der Waals surface area contributed by atoms with Gasteiger partial charge in [-0.3, -0.25) is 4.79 Å². The number of nitrogens with one attached hydrogen (secondary N) is 3. The Morgan fingerprint density at radius 3 is 2.33 bits per heavy atom. The number of hydrogen-bond donors (Lipinski definition) is 3. The van der Waals surface area contributed by atoms with Crippen molar-refractivity contribution in [3.63, 3.8) is 0 Å². The van der Waals surface area contributed by atoms with Gasteiger partial charge in [-0.2, -0.15) is 0 Å². The molecule has 0 unspecified atom stereocenters. The Balaban J connectivity index is 1.70. The lowest BCUT2D eigenvalue weighted by molar-refractivity contribution is -0.114. The van der Waals surface area contributed by atoms with Crippen LogP contribution in [0.5, 0.6) is 5.75 Å². The van der Waals surface area contributed by atoms with Crippen LogP contribution in [0.25, 0.3) is 0 Å². The third kappa shape index (κ3) is 5.96. The lowest BCUT2D eigenvalue weighted by Gasteiger charge is -2.10. The molecule has 7 heteroatoms. The van der Waals surface area contributed by atoms with Gasteiger partial charge in [-0.1, -0.05) is 6.07 Å². The highest BCUT2D eigenvalue weighted by molar-refractivity contribution is 5.91. The van der Waals surface area contributed by atoms with Gasteiger partial charge in [0.1, 0.15) is 18.2 Å². The van der Waals surface area contributed by atoms with E-state index in [0.717, 1.165) is 0 Å². The number of ether oxygens (including phenoxy) is 1. The fourth-order valence-electron chi connectivity index (χ4n) is 1.91. The first-order valence-electron chi connectivity index (χ1n) is 7.34. The molecule has 126 valence electrons. The third-order valence-corrected chi connectivity index (χ3v) is 2.92. The molecular weight excluding hydrogens is 313 g/mol. The van der Waals surface area contributed by atoms with Gasteiger partial charge in [-0.25, -0.2) is 9.18 Å². The average molecular weight is 331 g/mol. The van der Waals surface area contributed by atoms with Gasteiger partial charge in [0.2, 0.25) is 5.91 Å². The van der Waals surface area contributed by atoms with Gasteiger partial charge in [-0.15, -0.1) is 0 Å². The van der Waals surface area contributed by atoms with Crippen molar-refractivity contribution in [3.05, 3.63) is 54.3 Å². The molecule has 0 fully saturated rings. The normalized spacial score (nSPS) is 9.92. The van der Waals surface area contributed by atoms with Crippen LogP contribution in [0.4, 0.5) is 20.6 Å². The lowest BCUT2D eigenvalue weighted by atomic mass is 10.3. The molecule has 6 nitrogen and oxygen atoms in total. The molecule has 0 radical (unpaired) electrons. The van der Waals surface area contributed by atoms with Crippen LogP contribution < -0.4 is 20.7 Å². The molecule has 0 aliphatic heterocycles. The van der Waals surface area contributed by atoms with Gasteiger partial charge >= 0.3 is 6.03 Å². The quantitative estimate of drug-likeness (QED) is 0.712. The Morgan fingerprint density at radius 2 is 1.71 bits per heavy atom. The zero-order valence-electron chi connectivity index (χ0n) is 13.1. The van der Waals surface area contributed by atoms with E-state index in [-0.39, 0.29) is 30.9 Å². The van der Waals surface area contributed by atoms with Crippen LogP contribution in [0.2, 0.25) is 0 Å². The van der Waals surface area contributed by atoms with Crippen molar-refractivity contribution in [1.29, 1.82) is 0 Å². The molecule has 0 atom stereocenters. The highest BCUT2D eigenvalue weighted by Crippen LogP contribution is 2.13. The van der Waals surface area contributed by atoms with E-state index in [1.54, 1.807) is 36.4 Å². The summed E-state index contributed by atoms with van der Waals surface area (Å²) < 4.78 is 18.3. The molecule has 2 aromatic rings. The maximum Gasteiger partial charge on any atom is 0.319 e. The summed E-state index contributed by atoms with van der Waals surface area (Å²) in [7, 11) is 0. The number of hydrogen-bond acceptors (Lipinski definition) is 3. The maximum atomic E-state index is 13.0. The second kappa shape index (κ2) is 8.52. The molecule has 2 aromatic carbocycles. The van der Waals surface area contributed by atoms with Crippen molar-refractivity contribution < 1.29 is 18.7 Å². The van der Waals surface area contributed by atoms with Gasteiger partial charge in [0, 0.05) is 24.4 Å². The molecule has 0 aliphatic carbocycles. The molecule has 0 bridgehead atoms. The first kappa shape index (κ1) is 17.3. The second-order valence-electron chi connectivity index (χ2n) is 4.95. The Morgan fingerprint density at radius 1 is 1.04 bits per heavy atom. The number of amides is 3. The van der Waals surface area contributed by atoms with Crippen molar-refractivity contribution in [2.45, 2.75) is 6.92 Å². The fourth-order valence-corrected chi connectivity index (χ4v) is 1.91. The summed E-state index contributed by atoms with van der Waals surface area (Å²) in [6.07, 6.45) is 0. The Bertz CT molecular complexity index is 704. The number of urea groups is 1. The van der Waals surface area contributed by atoms with E-state index in [1.165, 1.54) is 19.1 Å². The van der Waals surface area contributed by atoms with Crippen LogP contribution in [0.15, 0.2) is 48.5 Å². The summed E-state index contributed by atoms with van der Waals surface area (Å²) in [5.41, 5.74) is 1.24. The topological polar surface area (TPSA) is 79.5 Å². The predicted molar refractivity (Wildman–Crippen MR) is 89.7 cm³/mol. The van der Waals surface area contributed by atoms with Gasteiger partial charge in [0.15, 0.2) is 0 Å². The Hall–Kier alpha value is -3.09. The molecule has 0 saturated carbocycles. The molecule has 0 aromatic heterocycles. The van der Waals surface area contributed by atoms with Crippen LogP contribution in [-0.4, -0.2) is 25.1 Å². The van der Waals surface area contributed by atoms with Gasteiger partial charge in [-0.05, 0) is 36.4 Å². The molecule has 3 amide bonds. The minimum absolute atomic E-state index is 0.160. The van der Waals surface area contributed by atoms with Crippen LogP contribution in [0, 0.1) is 5.82 Å².